The van der Waals surface area contributed by atoms with Gasteiger partial charge in [0.05, 0.1) is 17.9 Å². The molecule has 3 rings (SSSR count). The lowest BCUT2D eigenvalue weighted by Gasteiger charge is -2.37. The van der Waals surface area contributed by atoms with E-state index in [0.717, 1.165) is 38.5 Å². The fourth-order valence-corrected chi connectivity index (χ4v) is 6.21. The van der Waals surface area contributed by atoms with Crippen molar-refractivity contribution >= 4 is 17.7 Å². The van der Waals surface area contributed by atoms with Crippen LogP contribution in [0.3, 0.4) is 0 Å². The van der Waals surface area contributed by atoms with Gasteiger partial charge in [0, 0.05) is 39.8 Å². The average molecular weight is 490 g/mol. The fraction of sp³-hybridized carbons (Fsp3) is 0.741. The molecule has 2 bridgehead atoms. The van der Waals surface area contributed by atoms with Crippen LogP contribution in [-0.4, -0.2) is 95.1 Å². The lowest BCUT2D eigenvalue weighted by molar-refractivity contribution is -0.148. The molecule has 1 N–H and O–H groups in total. The van der Waals surface area contributed by atoms with Crippen molar-refractivity contribution in [3.63, 3.8) is 0 Å². The van der Waals surface area contributed by atoms with Crippen molar-refractivity contribution < 1.29 is 24.2 Å². The first kappa shape index (κ1) is 27.4. The minimum Gasteiger partial charge on any atom is -0.396 e. The van der Waals surface area contributed by atoms with Crippen LogP contribution in [0.2, 0.25) is 0 Å². The Bertz CT molecular complexity index is 802. The van der Waals surface area contributed by atoms with Crippen molar-refractivity contribution in [3.05, 3.63) is 25.3 Å². The highest BCUT2D eigenvalue weighted by molar-refractivity contribution is 5.99. The number of hydrogen-bond acceptors (Lipinski definition) is 5. The van der Waals surface area contributed by atoms with Gasteiger partial charge in [-0.05, 0) is 32.1 Å². The van der Waals surface area contributed by atoms with E-state index in [1.54, 1.807) is 33.9 Å². The Morgan fingerprint density at radius 2 is 1.86 bits per heavy atom. The molecule has 8 nitrogen and oxygen atoms in total. The summed E-state index contributed by atoms with van der Waals surface area (Å²) in [4.78, 5) is 46.5. The smallest absolute Gasteiger partial charge is 0.248 e. The molecule has 8 heteroatoms. The third kappa shape index (κ3) is 5.19. The zero-order valence-electron chi connectivity index (χ0n) is 21.5. The Morgan fingerprint density at radius 1 is 1.14 bits per heavy atom. The molecule has 1 spiro atoms. The van der Waals surface area contributed by atoms with E-state index in [4.69, 9.17) is 9.84 Å². The van der Waals surface area contributed by atoms with E-state index in [1.807, 2.05) is 0 Å². The molecule has 3 fully saturated rings. The highest BCUT2D eigenvalue weighted by Gasteiger charge is 2.74. The summed E-state index contributed by atoms with van der Waals surface area (Å²) in [6, 6.07) is -0.720. The first-order valence-corrected chi connectivity index (χ1v) is 13.2. The molecule has 3 saturated heterocycles. The van der Waals surface area contributed by atoms with E-state index in [1.165, 1.54) is 0 Å². The monoisotopic (exact) mass is 489 g/mol. The van der Waals surface area contributed by atoms with Crippen LogP contribution >= 0.6 is 0 Å². The van der Waals surface area contributed by atoms with Gasteiger partial charge in [0.1, 0.15) is 11.6 Å². The van der Waals surface area contributed by atoms with E-state index in [9.17, 15) is 14.4 Å². The molecule has 0 aromatic heterocycles. The SMILES string of the molecule is C=CCN(C)C(=O)[C@@H]1[C@@H]2CCC3(O2)C(C(=O)N(CC=C)CCCC)N(CCCCCCO)C(=O)[C@H]13. The van der Waals surface area contributed by atoms with Crippen molar-refractivity contribution in [1.82, 2.24) is 14.7 Å². The quantitative estimate of drug-likeness (QED) is 0.282. The lowest BCUT2D eigenvalue weighted by Crippen LogP contribution is -2.56. The number of unbranched alkanes of at least 4 members (excludes halogenated alkanes) is 4. The molecule has 2 unspecified atom stereocenters. The van der Waals surface area contributed by atoms with Crippen molar-refractivity contribution in [2.45, 2.75) is 76.0 Å². The van der Waals surface area contributed by atoms with Gasteiger partial charge in [-0.2, -0.15) is 0 Å². The zero-order valence-corrected chi connectivity index (χ0v) is 21.5. The fourth-order valence-electron chi connectivity index (χ4n) is 6.21. The molecule has 0 saturated carbocycles. The lowest BCUT2D eigenvalue weighted by atomic mass is 9.70. The van der Waals surface area contributed by atoms with Gasteiger partial charge in [-0.1, -0.05) is 38.3 Å². The summed E-state index contributed by atoms with van der Waals surface area (Å²) >= 11 is 0. The topological polar surface area (TPSA) is 90.4 Å². The largest absolute Gasteiger partial charge is 0.396 e. The van der Waals surface area contributed by atoms with Gasteiger partial charge in [0.25, 0.3) is 0 Å². The summed E-state index contributed by atoms with van der Waals surface area (Å²) in [7, 11) is 1.72. The standard InChI is InChI=1S/C27H43N3O5/c1-5-8-17-29(16-7-3)26(34)23-27-14-13-20(35-27)21(24(32)28(4)15-6-2)22(27)25(33)30(23)18-11-9-10-12-19-31/h6-7,20-23,31H,2-3,5,8-19H2,1,4H3/t20-,21+,22-,23?,27?/m0/s1. The average Bonchev–Trinajstić information content (AvgIpc) is 3.48. The predicted octanol–water partition coefficient (Wildman–Crippen LogP) is 2.37. The predicted molar refractivity (Wildman–Crippen MR) is 134 cm³/mol. The number of carbonyl (C=O) groups excluding carboxylic acids is 3. The third-order valence-electron chi connectivity index (χ3n) is 7.85. The maximum absolute atomic E-state index is 14.0. The molecule has 196 valence electrons. The minimum absolute atomic E-state index is 0.0993. The summed E-state index contributed by atoms with van der Waals surface area (Å²) in [5.74, 6) is -1.55. The molecule has 35 heavy (non-hydrogen) atoms. The molecule has 0 aromatic rings. The Kier molecular flexibility index (Phi) is 9.53. The molecular formula is C27H43N3O5. The van der Waals surface area contributed by atoms with Crippen LogP contribution in [-0.2, 0) is 19.1 Å². The number of hydrogen-bond donors (Lipinski definition) is 1. The number of aliphatic hydroxyl groups excluding tert-OH is 1. The molecule has 0 aliphatic carbocycles. The molecular weight excluding hydrogens is 446 g/mol. The maximum atomic E-state index is 14.0. The van der Waals surface area contributed by atoms with Gasteiger partial charge < -0.3 is 24.5 Å². The molecule has 3 amide bonds. The number of likely N-dealkylation sites (N-methyl/N-ethyl adjacent to an activating group) is 1. The van der Waals surface area contributed by atoms with Gasteiger partial charge in [0.15, 0.2) is 0 Å². The number of amides is 3. The second kappa shape index (κ2) is 12.2. The zero-order chi connectivity index (χ0) is 25.6. The van der Waals surface area contributed by atoms with E-state index in [2.05, 4.69) is 20.1 Å². The van der Waals surface area contributed by atoms with E-state index < -0.39 is 23.5 Å². The van der Waals surface area contributed by atoms with E-state index >= 15 is 0 Å². The summed E-state index contributed by atoms with van der Waals surface area (Å²) in [5, 5.41) is 9.08. The van der Waals surface area contributed by atoms with Crippen LogP contribution in [0.4, 0.5) is 0 Å². The second-order valence-corrected chi connectivity index (χ2v) is 10.2. The maximum Gasteiger partial charge on any atom is 0.248 e. The number of rotatable bonds is 15. The number of ether oxygens (including phenoxy) is 1. The highest BCUT2D eigenvalue weighted by Crippen LogP contribution is 2.58. The van der Waals surface area contributed by atoms with Crippen LogP contribution in [0.1, 0.15) is 58.3 Å². The Labute approximate surface area is 210 Å². The number of carbonyl (C=O) groups is 3. The van der Waals surface area contributed by atoms with Gasteiger partial charge in [-0.3, -0.25) is 14.4 Å². The molecule has 3 aliphatic heterocycles. The van der Waals surface area contributed by atoms with Gasteiger partial charge in [-0.15, -0.1) is 13.2 Å². The molecule has 3 aliphatic rings. The first-order chi connectivity index (χ1) is 16.9. The molecule has 5 atom stereocenters. The van der Waals surface area contributed by atoms with Crippen LogP contribution in [0.25, 0.3) is 0 Å². The minimum atomic E-state index is -0.953. The van der Waals surface area contributed by atoms with E-state index in [-0.39, 0.29) is 30.4 Å². The third-order valence-corrected chi connectivity index (χ3v) is 7.85. The molecule has 0 radical (unpaired) electrons. The van der Waals surface area contributed by atoms with E-state index in [0.29, 0.717) is 39.0 Å². The van der Waals surface area contributed by atoms with Crippen LogP contribution in [0, 0.1) is 11.8 Å². The Balaban J connectivity index is 1.93. The summed E-state index contributed by atoms with van der Waals surface area (Å²) in [6.45, 7) is 11.7. The van der Waals surface area contributed by atoms with Crippen molar-refractivity contribution in [2.75, 3.05) is 39.8 Å². The van der Waals surface area contributed by atoms with Crippen molar-refractivity contribution in [1.29, 1.82) is 0 Å². The second-order valence-electron chi connectivity index (χ2n) is 10.2. The molecule has 0 aromatic carbocycles. The van der Waals surface area contributed by atoms with Crippen LogP contribution < -0.4 is 0 Å². The number of nitrogens with zero attached hydrogens (tertiary/aromatic N) is 3. The summed E-state index contributed by atoms with van der Waals surface area (Å²) < 4.78 is 6.52. The van der Waals surface area contributed by atoms with Crippen LogP contribution in [0.15, 0.2) is 25.3 Å². The number of likely N-dealkylation sites (tertiary alicyclic amines) is 1. The highest BCUT2D eigenvalue weighted by atomic mass is 16.5. The van der Waals surface area contributed by atoms with Gasteiger partial charge in [0.2, 0.25) is 17.7 Å². The Morgan fingerprint density at radius 3 is 2.51 bits per heavy atom. The molecule has 3 heterocycles. The van der Waals surface area contributed by atoms with Crippen molar-refractivity contribution in [3.8, 4) is 0 Å². The normalized spacial score (nSPS) is 28.8. The van der Waals surface area contributed by atoms with Crippen molar-refractivity contribution in [2.24, 2.45) is 11.8 Å². The Hall–Kier alpha value is -2.19. The first-order valence-electron chi connectivity index (χ1n) is 13.2. The van der Waals surface area contributed by atoms with Gasteiger partial charge >= 0.3 is 0 Å². The summed E-state index contributed by atoms with van der Waals surface area (Å²) in [6.07, 6.45) is 9.37. The number of aliphatic hydroxyl groups is 1. The van der Waals surface area contributed by atoms with Crippen LogP contribution in [0.5, 0.6) is 0 Å². The number of fused-ring (bicyclic) bond motifs is 1. The van der Waals surface area contributed by atoms with Gasteiger partial charge in [-0.25, -0.2) is 0 Å². The summed E-state index contributed by atoms with van der Waals surface area (Å²) in [5.41, 5.74) is -0.953.